The van der Waals surface area contributed by atoms with Gasteiger partial charge in [0.05, 0.1) is 10.7 Å². The molecule has 3 N–H and O–H groups in total. The first kappa shape index (κ1) is 15.1. The highest BCUT2D eigenvalue weighted by molar-refractivity contribution is 7.80. The first-order chi connectivity index (χ1) is 9.99. The second-order valence-electron chi connectivity index (χ2n) is 4.36. The van der Waals surface area contributed by atoms with E-state index in [2.05, 4.69) is 5.32 Å². The van der Waals surface area contributed by atoms with Crippen LogP contribution in [0, 0.1) is 11.6 Å². The molecular formula is C15H12F2N2OS. The number of carbonyl (C=O) groups excluding carboxylic acids is 1. The maximum atomic E-state index is 13.6. The largest absolute Gasteiger partial charge is 0.392 e. The molecule has 0 radical (unpaired) electrons. The first-order valence-corrected chi connectivity index (χ1v) is 6.50. The fraction of sp³-hybridized carbons (Fsp3) is 0.0667. The van der Waals surface area contributed by atoms with E-state index in [4.69, 9.17) is 18.0 Å². The van der Waals surface area contributed by atoms with Crippen molar-refractivity contribution in [2.24, 2.45) is 5.73 Å². The van der Waals surface area contributed by atoms with E-state index in [9.17, 15) is 13.6 Å². The third kappa shape index (κ3) is 3.61. The molecule has 21 heavy (non-hydrogen) atoms. The number of hydrogen-bond acceptors (Lipinski definition) is 2. The van der Waals surface area contributed by atoms with Crippen LogP contribution in [0.5, 0.6) is 0 Å². The molecule has 0 fully saturated rings. The van der Waals surface area contributed by atoms with Crippen molar-refractivity contribution in [3.8, 4) is 0 Å². The maximum absolute atomic E-state index is 13.6. The summed E-state index contributed by atoms with van der Waals surface area (Å²) in [7, 11) is 0. The number of nitrogens with two attached hydrogens (primary N) is 1. The summed E-state index contributed by atoms with van der Waals surface area (Å²) in [6.07, 6.45) is 0. The van der Waals surface area contributed by atoms with Crippen molar-refractivity contribution in [1.29, 1.82) is 0 Å². The van der Waals surface area contributed by atoms with Gasteiger partial charge in [-0.25, -0.2) is 8.78 Å². The van der Waals surface area contributed by atoms with Crippen LogP contribution in [-0.2, 0) is 4.79 Å². The zero-order valence-electron chi connectivity index (χ0n) is 10.8. The zero-order valence-corrected chi connectivity index (χ0v) is 11.7. The van der Waals surface area contributed by atoms with Crippen LogP contribution >= 0.6 is 12.2 Å². The van der Waals surface area contributed by atoms with Crippen LogP contribution in [0.1, 0.15) is 11.5 Å². The zero-order chi connectivity index (χ0) is 15.4. The van der Waals surface area contributed by atoms with Crippen LogP contribution in [0.25, 0.3) is 0 Å². The third-order valence-corrected chi connectivity index (χ3v) is 3.10. The van der Waals surface area contributed by atoms with Crippen LogP contribution in [0.2, 0.25) is 0 Å². The molecule has 1 atom stereocenters. The molecule has 1 unspecified atom stereocenters. The van der Waals surface area contributed by atoms with E-state index in [1.165, 1.54) is 0 Å². The van der Waals surface area contributed by atoms with Gasteiger partial charge in [-0.1, -0.05) is 42.5 Å². The Morgan fingerprint density at radius 1 is 1.14 bits per heavy atom. The van der Waals surface area contributed by atoms with E-state index < -0.39 is 23.5 Å². The fourth-order valence-corrected chi connectivity index (χ4v) is 2.13. The van der Waals surface area contributed by atoms with E-state index >= 15 is 0 Å². The van der Waals surface area contributed by atoms with Crippen molar-refractivity contribution in [2.45, 2.75) is 5.92 Å². The smallest absolute Gasteiger partial charge is 0.238 e. The lowest BCUT2D eigenvalue weighted by Crippen LogP contribution is -2.31. The molecule has 0 aromatic heterocycles. The van der Waals surface area contributed by atoms with Crippen molar-refractivity contribution in [3.05, 3.63) is 65.7 Å². The average Bonchev–Trinajstić information content (AvgIpc) is 2.43. The van der Waals surface area contributed by atoms with Gasteiger partial charge in [-0.05, 0) is 17.7 Å². The Morgan fingerprint density at radius 2 is 1.81 bits per heavy atom. The van der Waals surface area contributed by atoms with Gasteiger partial charge in [-0.3, -0.25) is 4.79 Å². The van der Waals surface area contributed by atoms with E-state index in [0.717, 1.165) is 12.1 Å². The number of rotatable bonds is 4. The van der Waals surface area contributed by atoms with Gasteiger partial charge < -0.3 is 11.1 Å². The summed E-state index contributed by atoms with van der Waals surface area (Å²) in [6.45, 7) is 0. The number of benzene rings is 2. The van der Waals surface area contributed by atoms with Crippen LogP contribution < -0.4 is 11.1 Å². The van der Waals surface area contributed by atoms with Gasteiger partial charge in [0, 0.05) is 6.07 Å². The molecule has 0 aliphatic carbocycles. The Balaban J connectivity index is 2.26. The lowest BCUT2D eigenvalue weighted by Gasteiger charge is -2.16. The van der Waals surface area contributed by atoms with E-state index in [0.29, 0.717) is 11.6 Å². The van der Waals surface area contributed by atoms with E-state index in [1.54, 1.807) is 30.3 Å². The highest BCUT2D eigenvalue weighted by atomic mass is 32.1. The van der Waals surface area contributed by atoms with Crippen molar-refractivity contribution >= 4 is 28.8 Å². The molecule has 0 aliphatic heterocycles. The maximum Gasteiger partial charge on any atom is 0.238 e. The quantitative estimate of drug-likeness (QED) is 0.854. The monoisotopic (exact) mass is 306 g/mol. The molecule has 2 aromatic rings. The number of thiocarbonyl (C=S) groups is 1. The SMILES string of the molecule is NC(=S)C(C(=O)Nc1ccc(F)cc1F)c1ccccc1. The molecule has 2 rings (SSSR count). The third-order valence-electron chi connectivity index (χ3n) is 2.87. The van der Waals surface area contributed by atoms with Crippen molar-refractivity contribution in [3.63, 3.8) is 0 Å². The van der Waals surface area contributed by atoms with Gasteiger partial charge in [0.1, 0.15) is 17.6 Å². The van der Waals surface area contributed by atoms with Crippen molar-refractivity contribution in [1.82, 2.24) is 0 Å². The van der Waals surface area contributed by atoms with E-state index in [-0.39, 0.29) is 10.7 Å². The second kappa shape index (κ2) is 6.41. The Labute approximate surface area is 125 Å². The van der Waals surface area contributed by atoms with Crippen molar-refractivity contribution < 1.29 is 13.6 Å². The summed E-state index contributed by atoms with van der Waals surface area (Å²) >= 11 is 4.91. The lowest BCUT2D eigenvalue weighted by atomic mass is 9.98. The van der Waals surface area contributed by atoms with Crippen LogP contribution in [0.15, 0.2) is 48.5 Å². The molecule has 0 saturated carbocycles. The number of carbonyl (C=O) groups is 1. The summed E-state index contributed by atoms with van der Waals surface area (Å²) in [5.41, 5.74) is 6.08. The Hall–Kier alpha value is -2.34. The predicted molar refractivity (Wildman–Crippen MR) is 81.0 cm³/mol. The van der Waals surface area contributed by atoms with Gasteiger partial charge in [-0.2, -0.15) is 0 Å². The summed E-state index contributed by atoms with van der Waals surface area (Å²) in [5.74, 6) is -3.04. The van der Waals surface area contributed by atoms with Crippen LogP contribution in [-0.4, -0.2) is 10.9 Å². The van der Waals surface area contributed by atoms with Gasteiger partial charge in [0.15, 0.2) is 0 Å². The molecular weight excluding hydrogens is 294 g/mol. The number of nitrogens with one attached hydrogen (secondary N) is 1. The fourth-order valence-electron chi connectivity index (χ4n) is 1.89. The van der Waals surface area contributed by atoms with Crippen LogP contribution in [0.3, 0.4) is 0 Å². The van der Waals surface area contributed by atoms with Gasteiger partial charge >= 0.3 is 0 Å². The molecule has 6 heteroatoms. The summed E-state index contributed by atoms with van der Waals surface area (Å²) in [6, 6.07) is 11.6. The minimum atomic E-state index is -0.884. The van der Waals surface area contributed by atoms with Crippen LogP contribution in [0.4, 0.5) is 14.5 Å². The van der Waals surface area contributed by atoms with Crippen molar-refractivity contribution in [2.75, 3.05) is 5.32 Å². The highest BCUT2D eigenvalue weighted by Gasteiger charge is 2.24. The minimum Gasteiger partial charge on any atom is -0.392 e. The summed E-state index contributed by atoms with van der Waals surface area (Å²) < 4.78 is 26.4. The lowest BCUT2D eigenvalue weighted by molar-refractivity contribution is -0.116. The Kier molecular flexibility index (Phi) is 4.59. The number of hydrogen-bond donors (Lipinski definition) is 2. The highest BCUT2D eigenvalue weighted by Crippen LogP contribution is 2.21. The van der Waals surface area contributed by atoms with E-state index in [1.807, 2.05) is 0 Å². The topological polar surface area (TPSA) is 55.1 Å². The molecule has 1 amide bonds. The minimum absolute atomic E-state index is 0.0266. The molecule has 0 bridgehead atoms. The molecule has 3 nitrogen and oxygen atoms in total. The molecule has 108 valence electrons. The molecule has 0 heterocycles. The van der Waals surface area contributed by atoms with Gasteiger partial charge in [0.25, 0.3) is 0 Å². The Bertz CT molecular complexity index is 677. The predicted octanol–water partition coefficient (Wildman–Crippen LogP) is 2.97. The first-order valence-electron chi connectivity index (χ1n) is 6.09. The number of amides is 1. The number of halogens is 2. The summed E-state index contributed by atoms with van der Waals surface area (Å²) in [4.78, 5) is 12.2. The molecule has 2 aromatic carbocycles. The molecule has 0 spiro atoms. The average molecular weight is 306 g/mol. The van der Waals surface area contributed by atoms with Gasteiger partial charge in [-0.15, -0.1) is 0 Å². The molecule has 0 aliphatic rings. The second-order valence-corrected chi connectivity index (χ2v) is 4.83. The summed E-state index contributed by atoms with van der Waals surface area (Å²) in [5, 5.41) is 2.37. The van der Waals surface area contributed by atoms with Gasteiger partial charge in [0.2, 0.25) is 5.91 Å². The Morgan fingerprint density at radius 3 is 2.38 bits per heavy atom. The normalized spacial score (nSPS) is 11.7. The molecule has 0 saturated heterocycles. The standard InChI is InChI=1S/C15H12F2N2OS/c16-10-6-7-12(11(17)8-10)19-15(20)13(14(18)21)9-4-2-1-3-5-9/h1-8,13H,(H2,18,21)(H,19,20). The number of anilines is 1.